The van der Waals surface area contributed by atoms with Gasteiger partial charge in [0.2, 0.25) is 0 Å². The van der Waals surface area contributed by atoms with Gasteiger partial charge >= 0.3 is 0 Å². The van der Waals surface area contributed by atoms with Gasteiger partial charge < -0.3 is 5.32 Å². The molecule has 1 nitrogen and oxygen atoms in total. The molecule has 1 heteroatoms. The van der Waals surface area contributed by atoms with Crippen molar-refractivity contribution in [3.63, 3.8) is 0 Å². The summed E-state index contributed by atoms with van der Waals surface area (Å²) in [6, 6.07) is 11.2. The molecule has 1 aromatic rings. The number of nitrogens with one attached hydrogen (secondary N) is 1. The average Bonchev–Trinajstić information content (AvgIpc) is 2.41. The van der Waals surface area contributed by atoms with Crippen LogP contribution in [0.15, 0.2) is 30.3 Å². The molecule has 4 rings (SSSR count). The van der Waals surface area contributed by atoms with Gasteiger partial charge in [-0.3, -0.25) is 0 Å². The second-order valence-electron chi connectivity index (χ2n) is 5.83. The minimum absolute atomic E-state index is 0.816. The maximum absolute atomic E-state index is 3.42. The summed E-state index contributed by atoms with van der Waals surface area (Å²) in [6.07, 6.45) is 5.87. The third-order valence-corrected chi connectivity index (χ3v) is 5.02. The van der Waals surface area contributed by atoms with Crippen LogP contribution in [0.2, 0.25) is 0 Å². The largest absolute Gasteiger partial charge is 0.319 e. The highest BCUT2D eigenvalue weighted by molar-refractivity contribution is 5.23. The van der Waals surface area contributed by atoms with Crippen molar-refractivity contribution in [3.8, 4) is 0 Å². The minimum atomic E-state index is 0.816. The highest BCUT2D eigenvalue weighted by Crippen LogP contribution is 2.52. The third-order valence-electron chi connectivity index (χ3n) is 5.02. The Balaban J connectivity index is 1.89. The van der Waals surface area contributed by atoms with E-state index in [1.807, 2.05) is 0 Å². The molecule has 0 spiro atoms. The first-order chi connectivity index (χ1) is 8.40. The number of rotatable bonds is 3. The molecule has 0 amide bonds. The fourth-order valence-corrected chi connectivity index (χ4v) is 4.30. The molecular weight excluding hydrogens is 206 g/mol. The zero-order valence-electron chi connectivity index (χ0n) is 10.7. The van der Waals surface area contributed by atoms with Crippen molar-refractivity contribution in [2.75, 3.05) is 13.6 Å². The standard InChI is InChI=1S/C16H23N/c1-17-11-15-12-7-9-14(10-8-12)16(15)13-5-3-2-4-6-13/h2-6,12,14-17H,7-11H2,1H3/t12?,14?,15-,16+/m1/s1. The summed E-state index contributed by atoms with van der Waals surface area (Å²) in [4.78, 5) is 0. The van der Waals surface area contributed by atoms with E-state index in [-0.39, 0.29) is 0 Å². The lowest BCUT2D eigenvalue weighted by atomic mass is 9.57. The van der Waals surface area contributed by atoms with E-state index in [1.54, 1.807) is 5.56 Å². The van der Waals surface area contributed by atoms with Crippen LogP contribution in [0.1, 0.15) is 37.2 Å². The molecule has 3 aliphatic carbocycles. The molecule has 0 radical (unpaired) electrons. The number of benzene rings is 1. The lowest BCUT2D eigenvalue weighted by molar-refractivity contribution is 0.0688. The smallest absolute Gasteiger partial charge is 0.00149 e. The highest BCUT2D eigenvalue weighted by atomic mass is 14.8. The van der Waals surface area contributed by atoms with Gasteiger partial charge in [0.1, 0.15) is 0 Å². The van der Waals surface area contributed by atoms with Crippen molar-refractivity contribution in [1.82, 2.24) is 5.32 Å². The van der Waals surface area contributed by atoms with Crippen LogP contribution >= 0.6 is 0 Å². The van der Waals surface area contributed by atoms with Crippen LogP contribution in [0.4, 0.5) is 0 Å². The summed E-state index contributed by atoms with van der Waals surface area (Å²) in [5.74, 6) is 3.60. The Kier molecular flexibility index (Phi) is 3.19. The lowest BCUT2D eigenvalue weighted by Crippen LogP contribution is -2.42. The lowest BCUT2D eigenvalue weighted by Gasteiger charge is -2.49. The van der Waals surface area contributed by atoms with Crippen LogP contribution in [0.5, 0.6) is 0 Å². The van der Waals surface area contributed by atoms with E-state index in [4.69, 9.17) is 0 Å². The van der Waals surface area contributed by atoms with Gasteiger partial charge in [0.15, 0.2) is 0 Å². The van der Waals surface area contributed by atoms with Crippen LogP contribution in [0, 0.1) is 17.8 Å². The summed E-state index contributed by atoms with van der Waals surface area (Å²) < 4.78 is 0. The zero-order valence-corrected chi connectivity index (χ0v) is 10.7. The molecule has 2 bridgehead atoms. The van der Waals surface area contributed by atoms with Crippen molar-refractivity contribution in [2.45, 2.75) is 31.6 Å². The van der Waals surface area contributed by atoms with Gasteiger partial charge in [-0.25, -0.2) is 0 Å². The predicted octanol–water partition coefficient (Wildman–Crippen LogP) is 3.43. The summed E-state index contributed by atoms with van der Waals surface area (Å²) in [6.45, 7) is 1.20. The molecule has 1 aromatic carbocycles. The molecule has 0 unspecified atom stereocenters. The Labute approximate surface area is 105 Å². The van der Waals surface area contributed by atoms with Gasteiger partial charge in [-0.15, -0.1) is 0 Å². The molecule has 0 heterocycles. The fourth-order valence-electron chi connectivity index (χ4n) is 4.30. The first kappa shape index (κ1) is 11.3. The van der Waals surface area contributed by atoms with Gasteiger partial charge in [-0.2, -0.15) is 0 Å². The van der Waals surface area contributed by atoms with Gasteiger partial charge in [0.05, 0.1) is 0 Å². The third kappa shape index (κ3) is 2.01. The first-order valence-corrected chi connectivity index (χ1v) is 7.09. The van der Waals surface area contributed by atoms with Crippen molar-refractivity contribution in [3.05, 3.63) is 35.9 Å². The maximum Gasteiger partial charge on any atom is -0.00149 e. The Morgan fingerprint density at radius 2 is 1.65 bits per heavy atom. The van der Waals surface area contributed by atoms with Crippen LogP contribution in [-0.2, 0) is 0 Å². The van der Waals surface area contributed by atoms with E-state index in [9.17, 15) is 0 Å². The molecular formula is C16H23N. The molecule has 0 saturated heterocycles. The molecule has 3 fully saturated rings. The molecule has 2 atom stereocenters. The van der Waals surface area contributed by atoms with E-state index >= 15 is 0 Å². The normalized spacial score (nSPS) is 36.1. The maximum atomic E-state index is 3.42. The zero-order chi connectivity index (χ0) is 11.7. The molecule has 3 aliphatic rings. The Morgan fingerprint density at radius 3 is 2.29 bits per heavy atom. The van der Waals surface area contributed by atoms with Gasteiger partial charge in [-0.05, 0) is 68.5 Å². The predicted molar refractivity (Wildman–Crippen MR) is 72.0 cm³/mol. The van der Waals surface area contributed by atoms with E-state index in [1.165, 1.54) is 32.2 Å². The van der Waals surface area contributed by atoms with Gasteiger partial charge in [-0.1, -0.05) is 30.3 Å². The van der Waals surface area contributed by atoms with Gasteiger partial charge in [0, 0.05) is 0 Å². The SMILES string of the molecule is CNC[C@@H]1C2CCC(CC2)[C@@H]1c1ccccc1. The Hall–Kier alpha value is -0.820. The van der Waals surface area contributed by atoms with Crippen molar-refractivity contribution >= 4 is 0 Å². The van der Waals surface area contributed by atoms with Crippen LogP contribution in [0.3, 0.4) is 0 Å². The van der Waals surface area contributed by atoms with Crippen molar-refractivity contribution in [2.24, 2.45) is 17.8 Å². The summed E-state index contributed by atoms with van der Waals surface area (Å²) >= 11 is 0. The highest BCUT2D eigenvalue weighted by Gasteiger charge is 2.43. The summed E-state index contributed by atoms with van der Waals surface area (Å²) in [5, 5.41) is 3.42. The van der Waals surface area contributed by atoms with Crippen molar-refractivity contribution in [1.29, 1.82) is 0 Å². The molecule has 3 saturated carbocycles. The monoisotopic (exact) mass is 229 g/mol. The molecule has 92 valence electrons. The van der Waals surface area contributed by atoms with E-state index < -0.39 is 0 Å². The van der Waals surface area contributed by atoms with E-state index in [2.05, 4.69) is 42.7 Å². The van der Waals surface area contributed by atoms with E-state index in [0.717, 1.165) is 23.7 Å². The molecule has 0 aliphatic heterocycles. The van der Waals surface area contributed by atoms with E-state index in [0.29, 0.717) is 0 Å². The number of fused-ring (bicyclic) bond motifs is 3. The number of hydrogen-bond acceptors (Lipinski definition) is 1. The van der Waals surface area contributed by atoms with Crippen molar-refractivity contribution < 1.29 is 0 Å². The first-order valence-electron chi connectivity index (χ1n) is 7.09. The topological polar surface area (TPSA) is 12.0 Å². The van der Waals surface area contributed by atoms with Crippen LogP contribution in [-0.4, -0.2) is 13.6 Å². The second kappa shape index (κ2) is 4.81. The fraction of sp³-hybridized carbons (Fsp3) is 0.625. The van der Waals surface area contributed by atoms with Crippen LogP contribution < -0.4 is 5.32 Å². The quantitative estimate of drug-likeness (QED) is 0.837. The second-order valence-corrected chi connectivity index (χ2v) is 5.83. The average molecular weight is 229 g/mol. The molecule has 0 aromatic heterocycles. The molecule has 1 N–H and O–H groups in total. The van der Waals surface area contributed by atoms with Gasteiger partial charge in [0.25, 0.3) is 0 Å². The summed E-state index contributed by atoms with van der Waals surface area (Å²) in [7, 11) is 2.10. The summed E-state index contributed by atoms with van der Waals surface area (Å²) in [5.41, 5.74) is 1.59. The number of hydrogen-bond donors (Lipinski definition) is 1. The minimum Gasteiger partial charge on any atom is -0.319 e. The Bertz CT molecular complexity index is 351. The molecule has 17 heavy (non-hydrogen) atoms. The van der Waals surface area contributed by atoms with Crippen LogP contribution in [0.25, 0.3) is 0 Å². The Morgan fingerprint density at radius 1 is 1.00 bits per heavy atom.